The smallest absolute Gasteiger partial charge is 0.228 e. The standard InChI is InChI=1S/C17H21ClN4O2/c1-2-14-13(6-8-19-14)17(23)20-9-7-15-21-16(22-24-15)11-4-3-5-12(18)10-11/h3-5,10,13-14,19H,2,6-9H2,1H3,(H,20,23). The Morgan fingerprint density at radius 3 is 3.17 bits per heavy atom. The van der Waals surface area contributed by atoms with Gasteiger partial charge in [0, 0.05) is 29.6 Å². The Hall–Kier alpha value is -1.92. The second-order valence-electron chi connectivity index (χ2n) is 5.93. The van der Waals surface area contributed by atoms with Crippen LogP contribution in [0.5, 0.6) is 0 Å². The predicted molar refractivity (Wildman–Crippen MR) is 91.6 cm³/mol. The lowest BCUT2D eigenvalue weighted by atomic mass is 9.98. The third-order valence-corrected chi connectivity index (χ3v) is 4.55. The van der Waals surface area contributed by atoms with Crippen LogP contribution in [0.15, 0.2) is 28.8 Å². The molecule has 128 valence electrons. The summed E-state index contributed by atoms with van der Waals surface area (Å²) in [4.78, 5) is 16.6. The number of nitrogens with one attached hydrogen (secondary N) is 2. The van der Waals surface area contributed by atoms with Crippen LogP contribution in [0.25, 0.3) is 11.4 Å². The number of hydrogen-bond acceptors (Lipinski definition) is 5. The zero-order valence-corrected chi connectivity index (χ0v) is 14.3. The molecule has 1 aliphatic heterocycles. The van der Waals surface area contributed by atoms with Gasteiger partial charge in [0.05, 0.1) is 5.92 Å². The molecule has 1 saturated heterocycles. The van der Waals surface area contributed by atoms with Gasteiger partial charge in [-0.1, -0.05) is 35.8 Å². The van der Waals surface area contributed by atoms with Gasteiger partial charge in [-0.25, -0.2) is 0 Å². The van der Waals surface area contributed by atoms with Gasteiger partial charge in [-0.05, 0) is 31.5 Å². The molecule has 1 amide bonds. The van der Waals surface area contributed by atoms with E-state index in [0.717, 1.165) is 24.9 Å². The summed E-state index contributed by atoms with van der Waals surface area (Å²) in [6.45, 7) is 3.49. The van der Waals surface area contributed by atoms with E-state index in [1.165, 1.54) is 0 Å². The third-order valence-electron chi connectivity index (χ3n) is 4.31. The van der Waals surface area contributed by atoms with Gasteiger partial charge in [-0.3, -0.25) is 4.79 Å². The lowest BCUT2D eigenvalue weighted by molar-refractivity contribution is -0.125. The minimum Gasteiger partial charge on any atom is -0.355 e. The van der Waals surface area contributed by atoms with Crippen molar-refractivity contribution in [1.29, 1.82) is 0 Å². The molecule has 2 aromatic rings. The zero-order chi connectivity index (χ0) is 16.9. The first-order valence-electron chi connectivity index (χ1n) is 8.27. The van der Waals surface area contributed by atoms with E-state index < -0.39 is 0 Å². The van der Waals surface area contributed by atoms with Crippen LogP contribution in [0.1, 0.15) is 25.7 Å². The highest BCUT2D eigenvalue weighted by Crippen LogP contribution is 2.20. The Morgan fingerprint density at radius 2 is 2.38 bits per heavy atom. The van der Waals surface area contributed by atoms with Gasteiger partial charge in [0.2, 0.25) is 17.6 Å². The van der Waals surface area contributed by atoms with Crippen molar-refractivity contribution in [3.8, 4) is 11.4 Å². The summed E-state index contributed by atoms with van der Waals surface area (Å²) >= 11 is 5.97. The normalized spacial score (nSPS) is 20.2. The molecule has 2 unspecified atom stereocenters. The lowest BCUT2D eigenvalue weighted by Gasteiger charge is -2.16. The highest BCUT2D eigenvalue weighted by molar-refractivity contribution is 6.30. The van der Waals surface area contributed by atoms with E-state index >= 15 is 0 Å². The van der Waals surface area contributed by atoms with Crippen LogP contribution in [0.2, 0.25) is 5.02 Å². The highest BCUT2D eigenvalue weighted by atomic mass is 35.5. The van der Waals surface area contributed by atoms with Crippen LogP contribution in [-0.4, -0.2) is 35.2 Å². The summed E-state index contributed by atoms with van der Waals surface area (Å²) < 4.78 is 5.24. The molecule has 0 saturated carbocycles. The van der Waals surface area contributed by atoms with Gasteiger partial charge in [0.15, 0.2) is 0 Å². The zero-order valence-electron chi connectivity index (χ0n) is 13.6. The number of rotatable bonds is 6. The van der Waals surface area contributed by atoms with Crippen LogP contribution in [0.3, 0.4) is 0 Å². The Labute approximate surface area is 146 Å². The van der Waals surface area contributed by atoms with Crippen LogP contribution in [0.4, 0.5) is 0 Å². The number of carbonyl (C=O) groups excluding carboxylic acids is 1. The molecule has 1 fully saturated rings. The molecule has 1 aliphatic rings. The fourth-order valence-corrected chi connectivity index (χ4v) is 3.23. The van der Waals surface area contributed by atoms with Crippen molar-refractivity contribution in [1.82, 2.24) is 20.8 Å². The minimum atomic E-state index is 0.0553. The van der Waals surface area contributed by atoms with Gasteiger partial charge in [0.25, 0.3) is 0 Å². The SMILES string of the molecule is CCC1NCCC1C(=O)NCCc1nc(-c2cccc(Cl)c2)no1. The predicted octanol–water partition coefficient (Wildman–Crippen LogP) is 2.44. The topological polar surface area (TPSA) is 80.0 Å². The van der Waals surface area contributed by atoms with Crippen molar-refractivity contribution in [3.63, 3.8) is 0 Å². The maximum absolute atomic E-state index is 12.2. The highest BCUT2D eigenvalue weighted by Gasteiger charge is 2.30. The van der Waals surface area contributed by atoms with E-state index in [9.17, 15) is 4.79 Å². The maximum atomic E-state index is 12.2. The Morgan fingerprint density at radius 1 is 1.50 bits per heavy atom. The first-order valence-corrected chi connectivity index (χ1v) is 8.64. The third kappa shape index (κ3) is 3.94. The van der Waals surface area contributed by atoms with Crippen molar-refractivity contribution >= 4 is 17.5 Å². The summed E-state index contributed by atoms with van der Waals surface area (Å²) in [5.41, 5.74) is 0.810. The molecule has 6 nitrogen and oxygen atoms in total. The molecule has 24 heavy (non-hydrogen) atoms. The number of hydrogen-bond donors (Lipinski definition) is 2. The largest absolute Gasteiger partial charge is 0.355 e. The lowest BCUT2D eigenvalue weighted by Crippen LogP contribution is -2.38. The van der Waals surface area contributed by atoms with Crippen LogP contribution >= 0.6 is 11.6 Å². The second-order valence-corrected chi connectivity index (χ2v) is 6.36. The molecule has 1 aromatic heterocycles. The molecule has 0 bridgehead atoms. The first kappa shape index (κ1) is 16.9. The van der Waals surface area contributed by atoms with E-state index in [0.29, 0.717) is 29.7 Å². The van der Waals surface area contributed by atoms with E-state index in [-0.39, 0.29) is 17.9 Å². The van der Waals surface area contributed by atoms with E-state index in [2.05, 4.69) is 27.7 Å². The van der Waals surface area contributed by atoms with Crippen molar-refractivity contribution in [2.24, 2.45) is 5.92 Å². The first-order chi connectivity index (χ1) is 11.7. The van der Waals surface area contributed by atoms with Crippen molar-refractivity contribution in [2.45, 2.75) is 32.2 Å². The molecule has 0 aliphatic carbocycles. The number of aromatic nitrogens is 2. The van der Waals surface area contributed by atoms with Crippen LogP contribution < -0.4 is 10.6 Å². The molecule has 0 spiro atoms. The number of benzene rings is 1. The molecule has 2 N–H and O–H groups in total. The summed E-state index contributed by atoms with van der Waals surface area (Å²) in [6, 6.07) is 7.58. The van der Waals surface area contributed by atoms with Crippen LogP contribution in [0, 0.1) is 5.92 Å². The van der Waals surface area contributed by atoms with Gasteiger partial charge in [0.1, 0.15) is 0 Å². The summed E-state index contributed by atoms with van der Waals surface area (Å²) in [5, 5.41) is 10.9. The number of halogens is 1. The van der Waals surface area contributed by atoms with Gasteiger partial charge < -0.3 is 15.2 Å². The van der Waals surface area contributed by atoms with Crippen molar-refractivity contribution in [3.05, 3.63) is 35.2 Å². The molecule has 7 heteroatoms. The van der Waals surface area contributed by atoms with Crippen LogP contribution in [-0.2, 0) is 11.2 Å². The van der Waals surface area contributed by atoms with E-state index in [1.54, 1.807) is 12.1 Å². The molecule has 2 heterocycles. The Kier molecular flexibility index (Phi) is 5.48. The molecule has 1 aromatic carbocycles. The van der Waals surface area contributed by atoms with Gasteiger partial charge in [-0.2, -0.15) is 4.98 Å². The summed E-state index contributed by atoms with van der Waals surface area (Å²) in [6.07, 6.45) is 2.37. The number of carbonyl (C=O) groups is 1. The Bertz CT molecular complexity index is 703. The average Bonchev–Trinajstić information content (AvgIpc) is 3.24. The quantitative estimate of drug-likeness (QED) is 0.838. The molecule has 2 atom stereocenters. The molecule has 3 rings (SSSR count). The fourth-order valence-electron chi connectivity index (χ4n) is 3.04. The number of amides is 1. The van der Waals surface area contributed by atoms with E-state index in [4.69, 9.17) is 16.1 Å². The van der Waals surface area contributed by atoms with Crippen molar-refractivity contribution in [2.75, 3.05) is 13.1 Å². The van der Waals surface area contributed by atoms with E-state index in [1.807, 2.05) is 12.1 Å². The average molecular weight is 349 g/mol. The molecule has 0 radical (unpaired) electrons. The summed E-state index contributed by atoms with van der Waals surface area (Å²) in [7, 11) is 0. The summed E-state index contributed by atoms with van der Waals surface area (Å²) in [5.74, 6) is 1.16. The second kappa shape index (κ2) is 7.77. The minimum absolute atomic E-state index is 0.0553. The van der Waals surface area contributed by atoms with Gasteiger partial charge in [-0.15, -0.1) is 0 Å². The van der Waals surface area contributed by atoms with Gasteiger partial charge >= 0.3 is 0 Å². The monoisotopic (exact) mass is 348 g/mol. The number of nitrogens with zero attached hydrogens (tertiary/aromatic N) is 2. The molecular formula is C17H21ClN4O2. The molecular weight excluding hydrogens is 328 g/mol. The fraction of sp³-hybridized carbons (Fsp3) is 0.471. The maximum Gasteiger partial charge on any atom is 0.228 e. The Balaban J connectivity index is 1.52. The van der Waals surface area contributed by atoms with Crippen molar-refractivity contribution < 1.29 is 9.32 Å².